The molecule has 0 saturated carbocycles. The average Bonchev–Trinajstić information content (AvgIpc) is 2.23. The Balaban J connectivity index is 3.24. The first-order chi connectivity index (χ1) is 8.64. The van der Waals surface area contributed by atoms with Crippen LogP contribution in [0.15, 0.2) is 18.2 Å². The number of carbonyl (C=O) groups excluding carboxylic acids is 1. The molecule has 0 saturated heterocycles. The summed E-state index contributed by atoms with van der Waals surface area (Å²) in [6.45, 7) is 8.93. The van der Waals surface area contributed by atoms with Crippen LogP contribution in [0.25, 0.3) is 0 Å². The maximum absolute atomic E-state index is 12.6. The third-order valence-electron chi connectivity index (χ3n) is 3.04. The molecule has 0 fully saturated rings. The number of nitrogens with zero attached hydrogens (tertiary/aromatic N) is 1. The van der Waals surface area contributed by atoms with Crippen molar-refractivity contribution < 1.29 is 14.7 Å². The first kappa shape index (κ1) is 15.2. The van der Waals surface area contributed by atoms with E-state index < -0.39 is 11.5 Å². The highest BCUT2D eigenvalue weighted by molar-refractivity contribution is 5.98. The van der Waals surface area contributed by atoms with E-state index in [0.29, 0.717) is 5.56 Å². The second-order valence-electron chi connectivity index (χ2n) is 5.72. The van der Waals surface area contributed by atoms with Gasteiger partial charge in [-0.3, -0.25) is 9.59 Å². The minimum Gasteiger partial charge on any atom is -0.480 e. The van der Waals surface area contributed by atoms with Crippen LogP contribution in [0.5, 0.6) is 0 Å². The van der Waals surface area contributed by atoms with E-state index in [1.807, 2.05) is 52.8 Å². The normalized spacial score (nSPS) is 11.2. The van der Waals surface area contributed by atoms with E-state index in [1.165, 1.54) is 4.90 Å². The summed E-state index contributed by atoms with van der Waals surface area (Å²) in [6, 6.07) is 5.61. The maximum atomic E-state index is 12.6. The summed E-state index contributed by atoms with van der Waals surface area (Å²) < 4.78 is 0. The third kappa shape index (κ3) is 3.56. The fraction of sp³-hybridized carbons (Fsp3) is 0.467. The number of carbonyl (C=O) groups is 2. The Labute approximate surface area is 114 Å². The molecule has 0 aliphatic carbocycles. The molecule has 1 aromatic rings. The highest BCUT2D eigenvalue weighted by atomic mass is 16.4. The van der Waals surface area contributed by atoms with Crippen LogP contribution < -0.4 is 0 Å². The van der Waals surface area contributed by atoms with Crippen molar-refractivity contribution in [3.63, 3.8) is 0 Å². The molecule has 4 nitrogen and oxygen atoms in total. The number of amides is 1. The molecular formula is C15H21NO3. The van der Waals surface area contributed by atoms with Crippen LogP contribution in [0.2, 0.25) is 0 Å². The van der Waals surface area contributed by atoms with Gasteiger partial charge >= 0.3 is 5.97 Å². The van der Waals surface area contributed by atoms with E-state index in [4.69, 9.17) is 5.11 Å². The van der Waals surface area contributed by atoms with Crippen molar-refractivity contribution in [2.45, 2.75) is 40.2 Å². The number of hydrogen-bond acceptors (Lipinski definition) is 2. The van der Waals surface area contributed by atoms with Gasteiger partial charge in [0.2, 0.25) is 0 Å². The third-order valence-corrected chi connectivity index (χ3v) is 3.04. The molecule has 0 aromatic heterocycles. The molecule has 0 aliphatic heterocycles. The van der Waals surface area contributed by atoms with Gasteiger partial charge in [-0.2, -0.15) is 0 Å². The molecule has 104 valence electrons. The van der Waals surface area contributed by atoms with E-state index in [9.17, 15) is 9.59 Å². The lowest BCUT2D eigenvalue weighted by atomic mass is 9.98. The molecule has 1 amide bonds. The lowest BCUT2D eigenvalue weighted by Gasteiger charge is -2.35. The smallest absolute Gasteiger partial charge is 0.323 e. The number of carboxylic acid groups (broad SMARTS) is 1. The Kier molecular flexibility index (Phi) is 4.35. The Morgan fingerprint density at radius 3 is 2.00 bits per heavy atom. The summed E-state index contributed by atoms with van der Waals surface area (Å²) in [5, 5.41) is 8.99. The first-order valence-electron chi connectivity index (χ1n) is 6.24. The Bertz CT molecular complexity index is 480. The van der Waals surface area contributed by atoms with Crippen LogP contribution in [-0.4, -0.2) is 34.0 Å². The highest BCUT2D eigenvalue weighted by Crippen LogP contribution is 2.21. The number of aryl methyl sites for hydroxylation is 2. The molecule has 1 N–H and O–H groups in total. The van der Waals surface area contributed by atoms with Crippen molar-refractivity contribution >= 4 is 11.9 Å². The Morgan fingerprint density at radius 1 is 1.16 bits per heavy atom. The quantitative estimate of drug-likeness (QED) is 0.912. The predicted octanol–water partition coefficient (Wildman–Crippen LogP) is 2.63. The van der Waals surface area contributed by atoms with Crippen molar-refractivity contribution in [2.75, 3.05) is 6.54 Å². The summed E-state index contributed by atoms with van der Waals surface area (Å²) in [5.41, 5.74) is 1.79. The highest BCUT2D eigenvalue weighted by Gasteiger charge is 2.30. The van der Waals surface area contributed by atoms with Gasteiger partial charge in [-0.05, 0) is 45.7 Å². The van der Waals surface area contributed by atoms with Gasteiger partial charge in [-0.1, -0.05) is 18.2 Å². The van der Waals surface area contributed by atoms with Crippen LogP contribution in [0.3, 0.4) is 0 Å². The second kappa shape index (κ2) is 5.43. The monoisotopic (exact) mass is 263 g/mol. The van der Waals surface area contributed by atoms with E-state index in [-0.39, 0.29) is 12.5 Å². The summed E-state index contributed by atoms with van der Waals surface area (Å²) >= 11 is 0. The van der Waals surface area contributed by atoms with Crippen molar-refractivity contribution in [3.05, 3.63) is 34.9 Å². The lowest BCUT2D eigenvalue weighted by Crippen LogP contribution is -2.48. The average molecular weight is 263 g/mol. The van der Waals surface area contributed by atoms with Gasteiger partial charge in [0, 0.05) is 11.1 Å². The number of aliphatic carboxylic acids is 1. The van der Waals surface area contributed by atoms with Crippen molar-refractivity contribution in [2.24, 2.45) is 0 Å². The van der Waals surface area contributed by atoms with Gasteiger partial charge in [0.25, 0.3) is 5.91 Å². The predicted molar refractivity (Wildman–Crippen MR) is 74.3 cm³/mol. The molecule has 0 atom stereocenters. The van der Waals surface area contributed by atoms with E-state index in [1.54, 1.807) is 0 Å². The van der Waals surface area contributed by atoms with Crippen molar-refractivity contribution in [3.8, 4) is 0 Å². The minimum absolute atomic E-state index is 0.231. The summed E-state index contributed by atoms with van der Waals surface area (Å²) in [6.07, 6.45) is 0. The van der Waals surface area contributed by atoms with Gasteiger partial charge < -0.3 is 10.0 Å². The molecule has 0 heterocycles. The Morgan fingerprint density at radius 2 is 1.63 bits per heavy atom. The molecule has 1 aromatic carbocycles. The molecule has 0 bridgehead atoms. The van der Waals surface area contributed by atoms with E-state index >= 15 is 0 Å². The minimum atomic E-state index is -1.01. The van der Waals surface area contributed by atoms with Crippen LogP contribution in [0.4, 0.5) is 0 Å². The molecule has 0 unspecified atom stereocenters. The zero-order chi connectivity index (χ0) is 14.8. The van der Waals surface area contributed by atoms with Gasteiger partial charge in [-0.15, -0.1) is 0 Å². The van der Waals surface area contributed by atoms with Crippen LogP contribution in [-0.2, 0) is 4.79 Å². The van der Waals surface area contributed by atoms with E-state index in [2.05, 4.69) is 0 Å². The first-order valence-corrected chi connectivity index (χ1v) is 6.24. The number of rotatable bonds is 3. The molecular weight excluding hydrogens is 242 g/mol. The molecule has 0 radical (unpaired) electrons. The van der Waals surface area contributed by atoms with Crippen molar-refractivity contribution in [1.29, 1.82) is 0 Å². The van der Waals surface area contributed by atoms with Gasteiger partial charge in [0.1, 0.15) is 6.54 Å². The maximum Gasteiger partial charge on any atom is 0.323 e. The van der Waals surface area contributed by atoms with Gasteiger partial charge in [-0.25, -0.2) is 0 Å². The standard InChI is InChI=1S/C15H21NO3/c1-10-7-6-8-11(2)13(10)14(19)16(9-12(17)18)15(3,4)5/h6-8H,9H2,1-5H3,(H,17,18). The summed E-state index contributed by atoms with van der Waals surface area (Å²) in [5.74, 6) is -1.24. The fourth-order valence-electron chi connectivity index (χ4n) is 2.04. The summed E-state index contributed by atoms with van der Waals surface area (Å²) in [4.78, 5) is 25.0. The number of benzene rings is 1. The van der Waals surface area contributed by atoms with Crippen molar-refractivity contribution in [1.82, 2.24) is 4.90 Å². The molecule has 1 rings (SSSR count). The fourth-order valence-corrected chi connectivity index (χ4v) is 2.04. The van der Waals surface area contributed by atoms with Crippen LogP contribution in [0.1, 0.15) is 42.3 Å². The molecule has 0 aliphatic rings. The zero-order valence-corrected chi connectivity index (χ0v) is 12.2. The molecule has 4 heteroatoms. The van der Waals surface area contributed by atoms with Crippen LogP contribution >= 0.6 is 0 Å². The van der Waals surface area contributed by atoms with Gasteiger partial charge in [0.15, 0.2) is 0 Å². The molecule has 19 heavy (non-hydrogen) atoms. The second-order valence-corrected chi connectivity index (χ2v) is 5.72. The topological polar surface area (TPSA) is 57.6 Å². The number of hydrogen-bond donors (Lipinski definition) is 1. The molecule has 0 spiro atoms. The summed E-state index contributed by atoms with van der Waals surface area (Å²) in [7, 11) is 0. The largest absolute Gasteiger partial charge is 0.480 e. The number of carboxylic acids is 1. The van der Waals surface area contributed by atoms with E-state index in [0.717, 1.165) is 11.1 Å². The van der Waals surface area contributed by atoms with Crippen LogP contribution in [0, 0.1) is 13.8 Å². The Hall–Kier alpha value is -1.84. The lowest BCUT2D eigenvalue weighted by molar-refractivity contribution is -0.138. The van der Waals surface area contributed by atoms with Gasteiger partial charge in [0.05, 0.1) is 0 Å². The zero-order valence-electron chi connectivity index (χ0n) is 12.2. The SMILES string of the molecule is Cc1cccc(C)c1C(=O)N(CC(=O)O)C(C)(C)C.